The number of carbonyl (C=O) groups is 1. The maximum absolute atomic E-state index is 11.0. The van der Waals surface area contributed by atoms with Gasteiger partial charge in [0.1, 0.15) is 6.29 Å². The third-order valence-corrected chi connectivity index (χ3v) is 3.70. The van der Waals surface area contributed by atoms with Crippen LogP contribution in [0.25, 0.3) is 0 Å². The second kappa shape index (κ2) is 3.80. The van der Waals surface area contributed by atoms with Gasteiger partial charge in [-0.25, -0.2) is 0 Å². The Bertz CT molecular complexity index is 365. The van der Waals surface area contributed by atoms with E-state index in [9.17, 15) is 4.79 Å². The van der Waals surface area contributed by atoms with Crippen molar-refractivity contribution >= 4 is 6.29 Å². The Morgan fingerprint density at radius 1 is 1.27 bits per heavy atom. The maximum Gasteiger partial charge on any atom is 0.125 e. The Kier molecular flexibility index (Phi) is 2.64. The lowest BCUT2D eigenvalue weighted by atomic mass is 9.70. The molecule has 1 aliphatic rings. The van der Waals surface area contributed by atoms with Crippen LogP contribution >= 0.6 is 0 Å². The highest BCUT2D eigenvalue weighted by Gasteiger charge is 2.31. The van der Waals surface area contributed by atoms with Gasteiger partial charge >= 0.3 is 0 Å². The van der Waals surface area contributed by atoms with E-state index in [1.807, 2.05) is 0 Å². The molecule has 0 aliphatic heterocycles. The van der Waals surface area contributed by atoms with Crippen LogP contribution in [0.3, 0.4) is 0 Å². The van der Waals surface area contributed by atoms with Crippen molar-refractivity contribution in [3.05, 3.63) is 35.4 Å². The molecule has 0 saturated carbocycles. The normalized spacial score (nSPS) is 20.8. The predicted molar refractivity (Wildman–Crippen MR) is 61.8 cm³/mol. The van der Waals surface area contributed by atoms with Crippen molar-refractivity contribution in [2.24, 2.45) is 11.3 Å². The van der Waals surface area contributed by atoms with E-state index < -0.39 is 0 Å². The highest BCUT2D eigenvalue weighted by Crippen LogP contribution is 2.36. The molecule has 1 unspecified atom stereocenters. The highest BCUT2D eigenvalue weighted by molar-refractivity contribution is 5.59. The van der Waals surface area contributed by atoms with Crippen LogP contribution in [0.5, 0.6) is 0 Å². The number of aryl methyl sites for hydroxylation is 1. The summed E-state index contributed by atoms with van der Waals surface area (Å²) in [7, 11) is 0. The topological polar surface area (TPSA) is 17.1 Å². The van der Waals surface area contributed by atoms with Gasteiger partial charge in [0.2, 0.25) is 0 Å². The molecule has 0 amide bonds. The predicted octanol–water partition coefficient (Wildman–Crippen LogP) is 3.02. The molecule has 1 atom stereocenters. The zero-order valence-electron chi connectivity index (χ0n) is 9.49. The van der Waals surface area contributed by atoms with E-state index in [4.69, 9.17) is 0 Å². The molecule has 0 fully saturated rings. The third-order valence-electron chi connectivity index (χ3n) is 3.70. The van der Waals surface area contributed by atoms with E-state index in [1.54, 1.807) is 0 Å². The van der Waals surface area contributed by atoms with Crippen molar-refractivity contribution in [3.63, 3.8) is 0 Å². The number of aldehydes is 1. The number of hydrogen-bond acceptors (Lipinski definition) is 1. The van der Waals surface area contributed by atoms with E-state index in [0.717, 1.165) is 25.5 Å². The minimum Gasteiger partial charge on any atom is -0.303 e. The van der Waals surface area contributed by atoms with E-state index in [2.05, 4.69) is 38.1 Å². The molecule has 0 radical (unpaired) electrons. The van der Waals surface area contributed by atoms with Crippen LogP contribution in [0.15, 0.2) is 24.3 Å². The molecular formula is C14H18O. The average molecular weight is 202 g/mol. The molecule has 0 aromatic heterocycles. The molecule has 1 nitrogen and oxygen atoms in total. The fraction of sp³-hybridized carbons (Fsp3) is 0.500. The van der Waals surface area contributed by atoms with Crippen molar-refractivity contribution in [1.82, 2.24) is 0 Å². The van der Waals surface area contributed by atoms with Gasteiger partial charge in [0.15, 0.2) is 0 Å². The van der Waals surface area contributed by atoms with Crippen LogP contribution in [0.2, 0.25) is 0 Å². The van der Waals surface area contributed by atoms with Gasteiger partial charge in [-0.15, -0.1) is 0 Å². The summed E-state index contributed by atoms with van der Waals surface area (Å²) >= 11 is 0. The second-order valence-corrected chi connectivity index (χ2v) is 5.15. The summed E-state index contributed by atoms with van der Waals surface area (Å²) in [6.45, 7) is 4.11. The van der Waals surface area contributed by atoms with E-state index in [-0.39, 0.29) is 5.41 Å². The number of hydrogen-bond donors (Lipinski definition) is 0. The molecule has 1 heteroatoms. The number of carbonyl (C=O) groups excluding carboxylic acids is 1. The number of benzene rings is 1. The maximum atomic E-state index is 11.0. The molecule has 2 rings (SSSR count). The smallest absolute Gasteiger partial charge is 0.125 e. The van der Waals surface area contributed by atoms with Gasteiger partial charge in [-0.3, -0.25) is 0 Å². The van der Waals surface area contributed by atoms with Gasteiger partial charge in [0.25, 0.3) is 0 Å². The van der Waals surface area contributed by atoms with Crippen molar-refractivity contribution in [1.29, 1.82) is 0 Å². The van der Waals surface area contributed by atoms with Crippen LogP contribution in [0, 0.1) is 11.3 Å². The fourth-order valence-electron chi connectivity index (χ4n) is 2.43. The van der Waals surface area contributed by atoms with Gasteiger partial charge in [0.05, 0.1) is 0 Å². The molecule has 0 N–H and O–H groups in total. The molecule has 1 aromatic carbocycles. The van der Waals surface area contributed by atoms with Crippen molar-refractivity contribution < 1.29 is 4.79 Å². The Labute approximate surface area is 91.5 Å². The zero-order valence-corrected chi connectivity index (χ0v) is 9.49. The van der Waals surface area contributed by atoms with Gasteiger partial charge in [0, 0.05) is 5.41 Å². The lowest BCUT2D eigenvalue weighted by Crippen LogP contribution is -2.30. The SMILES string of the molecule is CC(C)(C=O)C1CCc2ccccc2C1. The van der Waals surface area contributed by atoms with Crippen LogP contribution in [-0.2, 0) is 17.6 Å². The van der Waals surface area contributed by atoms with E-state index >= 15 is 0 Å². The van der Waals surface area contributed by atoms with Crippen molar-refractivity contribution in [2.45, 2.75) is 33.1 Å². The van der Waals surface area contributed by atoms with Crippen LogP contribution < -0.4 is 0 Å². The summed E-state index contributed by atoms with van der Waals surface area (Å²) < 4.78 is 0. The fourth-order valence-corrected chi connectivity index (χ4v) is 2.43. The number of rotatable bonds is 2. The molecule has 0 saturated heterocycles. The quantitative estimate of drug-likeness (QED) is 0.674. The summed E-state index contributed by atoms with van der Waals surface area (Å²) in [5, 5.41) is 0. The molecular weight excluding hydrogens is 184 g/mol. The Morgan fingerprint density at radius 3 is 2.60 bits per heavy atom. The summed E-state index contributed by atoms with van der Waals surface area (Å²) in [5.41, 5.74) is 2.73. The molecule has 0 heterocycles. The van der Waals surface area contributed by atoms with Crippen LogP contribution in [-0.4, -0.2) is 6.29 Å². The standard InChI is InChI=1S/C14H18O/c1-14(2,10-15)13-8-7-11-5-3-4-6-12(11)9-13/h3-6,10,13H,7-9H2,1-2H3. The summed E-state index contributed by atoms with van der Waals surface area (Å²) in [5.74, 6) is 0.505. The van der Waals surface area contributed by atoms with E-state index in [1.165, 1.54) is 11.1 Å². The van der Waals surface area contributed by atoms with Gasteiger partial charge < -0.3 is 4.79 Å². The lowest BCUT2D eigenvalue weighted by molar-refractivity contribution is -0.117. The molecule has 1 aromatic rings. The van der Waals surface area contributed by atoms with Gasteiger partial charge in [-0.1, -0.05) is 38.1 Å². The molecule has 0 bridgehead atoms. The molecule has 15 heavy (non-hydrogen) atoms. The van der Waals surface area contributed by atoms with E-state index in [0.29, 0.717) is 5.92 Å². The van der Waals surface area contributed by atoms with Gasteiger partial charge in [-0.05, 0) is 36.3 Å². The largest absolute Gasteiger partial charge is 0.303 e. The molecule has 80 valence electrons. The second-order valence-electron chi connectivity index (χ2n) is 5.15. The zero-order chi connectivity index (χ0) is 10.9. The van der Waals surface area contributed by atoms with Gasteiger partial charge in [-0.2, -0.15) is 0 Å². The third kappa shape index (κ3) is 1.97. The highest BCUT2D eigenvalue weighted by atomic mass is 16.1. The minimum atomic E-state index is -0.173. The van der Waals surface area contributed by atoms with Crippen LogP contribution in [0.1, 0.15) is 31.4 Å². The first-order valence-electron chi connectivity index (χ1n) is 5.66. The summed E-state index contributed by atoms with van der Waals surface area (Å²) in [6, 6.07) is 8.60. The monoisotopic (exact) mass is 202 g/mol. The minimum absolute atomic E-state index is 0.173. The lowest BCUT2D eigenvalue weighted by Gasteiger charge is -2.33. The molecule has 0 spiro atoms. The number of fused-ring (bicyclic) bond motifs is 1. The average Bonchev–Trinajstić information content (AvgIpc) is 2.28. The Balaban J connectivity index is 2.22. The summed E-state index contributed by atoms with van der Waals surface area (Å²) in [6.07, 6.45) is 4.44. The first-order valence-corrected chi connectivity index (χ1v) is 5.66. The van der Waals surface area contributed by atoms with Crippen LogP contribution in [0.4, 0.5) is 0 Å². The van der Waals surface area contributed by atoms with Crippen molar-refractivity contribution in [2.75, 3.05) is 0 Å². The Hall–Kier alpha value is -1.11. The first kappa shape index (κ1) is 10.4. The Morgan fingerprint density at radius 2 is 1.93 bits per heavy atom. The summed E-state index contributed by atoms with van der Waals surface area (Å²) in [4.78, 5) is 11.0. The molecule has 1 aliphatic carbocycles. The van der Waals surface area contributed by atoms with Crippen molar-refractivity contribution in [3.8, 4) is 0 Å². The first-order chi connectivity index (χ1) is 7.13.